The summed E-state index contributed by atoms with van der Waals surface area (Å²) in [5.74, 6) is -0.484. The molecule has 3 N–H and O–H groups in total. The molecular formula is C11H11ClN2O2. The Bertz CT molecular complexity index is 536. The lowest BCUT2D eigenvalue weighted by atomic mass is 10.2. The molecule has 0 aliphatic rings. The summed E-state index contributed by atoms with van der Waals surface area (Å²) in [6.45, 7) is 0. The van der Waals surface area contributed by atoms with Crippen LogP contribution in [0.15, 0.2) is 24.3 Å². The highest BCUT2D eigenvalue weighted by Crippen LogP contribution is 2.26. The van der Waals surface area contributed by atoms with Gasteiger partial charge in [0.15, 0.2) is 0 Å². The van der Waals surface area contributed by atoms with Gasteiger partial charge in [0.2, 0.25) is 0 Å². The molecule has 1 unspecified atom stereocenters. The first-order chi connectivity index (χ1) is 7.63. The lowest BCUT2D eigenvalue weighted by molar-refractivity contribution is -0.142. The molecule has 0 bridgehead atoms. The van der Waals surface area contributed by atoms with Crippen LogP contribution in [0, 0.1) is 0 Å². The van der Waals surface area contributed by atoms with Crippen molar-refractivity contribution in [1.29, 1.82) is 0 Å². The van der Waals surface area contributed by atoms with Gasteiger partial charge in [-0.15, -0.1) is 0 Å². The third kappa shape index (κ3) is 1.77. The monoisotopic (exact) mass is 238 g/mol. The number of ether oxygens (including phenoxy) is 1. The summed E-state index contributed by atoms with van der Waals surface area (Å²) in [4.78, 5) is 14.3. The molecule has 1 aromatic carbocycles. The Morgan fingerprint density at radius 3 is 2.94 bits per heavy atom. The quantitative estimate of drug-likeness (QED) is 0.787. The van der Waals surface area contributed by atoms with Gasteiger partial charge in [-0.2, -0.15) is 0 Å². The Labute approximate surface area is 97.3 Å². The highest BCUT2D eigenvalue weighted by Gasteiger charge is 2.18. The van der Waals surface area contributed by atoms with Gasteiger partial charge in [-0.05, 0) is 18.2 Å². The van der Waals surface area contributed by atoms with Gasteiger partial charge < -0.3 is 15.5 Å². The van der Waals surface area contributed by atoms with E-state index in [0.717, 1.165) is 10.9 Å². The molecule has 0 radical (unpaired) electrons. The van der Waals surface area contributed by atoms with E-state index < -0.39 is 12.0 Å². The van der Waals surface area contributed by atoms with Crippen LogP contribution < -0.4 is 5.73 Å². The SMILES string of the molecule is COC(=O)C(N)c1cc2c(Cl)cccc2[nH]1. The Morgan fingerprint density at radius 1 is 1.56 bits per heavy atom. The molecule has 1 atom stereocenters. The first-order valence-corrected chi connectivity index (χ1v) is 5.12. The van der Waals surface area contributed by atoms with Crippen LogP contribution in [0.3, 0.4) is 0 Å². The van der Waals surface area contributed by atoms with E-state index in [-0.39, 0.29) is 0 Å². The van der Waals surface area contributed by atoms with E-state index in [1.165, 1.54) is 7.11 Å². The topological polar surface area (TPSA) is 68.1 Å². The standard InChI is InChI=1S/C11H11ClN2O2/c1-16-11(15)10(13)9-5-6-7(12)3-2-4-8(6)14-9/h2-5,10,14H,13H2,1H3. The molecule has 2 aromatic rings. The molecular weight excluding hydrogens is 228 g/mol. The number of methoxy groups -OCH3 is 1. The van der Waals surface area contributed by atoms with Crippen molar-refractivity contribution in [2.24, 2.45) is 5.73 Å². The van der Waals surface area contributed by atoms with Gasteiger partial charge in [0, 0.05) is 21.6 Å². The fraction of sp³-hybridized carbons (Fsp3) is 0.182. The zero-order chi connectivity index (χ0) is 11.7. The molecule has 0 saturated heterocycles. The maximum Gasteiger partial charge on any atom is 0.328 e. The Morgan fingerprint density at radius 2 is 2.31 bits per heavy atom. The van der Waals surface area contributed by atoms with E-state index in [2.05, 4.69) is 9.72 Å². The van der Waals surface area contributed by atoms with Crippen molar-refractivity contribution >= 4 is 28.5 Å². The number of carbonyl (C=O) groups is 1. The summed E-state index contributed by atoms with van der Waals surface area (Å²) >= 11 is 6.01. The zero-order valence-corrected chi connectivity index (χ0v) is 9.41. The van der Waals surface area contributed by atoms with E-state index in [4.69, 9.17) is 17.3 Å². The van der Waals surface area contributed by atoms with Crippen LogP contribution in [0.4, 0.5) is 0 Å². The first kappa shape index (κ1) is 11.0. The number of hydrogen-bond acceptors (Lipinski definition) is 3. The van der Waals surface area contributed by atoms with Crippen LogP contribution in [0.5, 0.6) is 0 Å². The largest absolute Gasteiger partial charge is 0.468 e. The van der Waals surface area contributed by atoms with Crippen LogP contribution >= 0.6 is 11.6 Å². The second-order valence-electron chi connectivity index (χ2n) is 3.43. The lowest BCUT2D eigenvalue weighted by Gasteiger charge is -2.05. The van der Waals surface area contributed by atoms with Crippen molar-refractivity contribution in [1.82, 2.24) is 4.98 Å². The third-order valence-corrected chi connectivity index (χ3v) is 2.75. The summed E-state index contributed by atoms with van der Waals surface area (Å²) in [7, 11) is 1.30. The molecule has 0 amide bonds. The number of nitrogens with two attached hydrogens (primary N) is 1. The Balaban J connectivity index is 2.47. The number of esters is 1. The minimum absolute atomic E-state index is 0.484. The number of hydrogen-bond donors (Lipinski definition) is 2. The van der Waals surface area contributed by atoms with E-state index in [0.29, 0.717) is 10.7 Å². The van der Waals surface area contributed by atoms with E-state index in [9.17, 15) is 4.79 Å². The number of carbonyl (C=O) groups excluding carboxylic acids is 1. The average molecular weight is 239 g/mol. The maximum atomic E-state index is 11.3. The molecule has 0 spiro atoms. The molecule has 0 saturated carbocycles. The Hall–Kier alpha value is -1.52. The van der Waals surface area contributed by atoms with Crippen molar-refractivity contribution < 1.29 is 9.53 Å². The van der Waals surface area contributed by atoms with Crippen LogP contribution in [0.2, 0.25) is 5.02 Å². The van der Waals surface area contributed by atoms with Crippen LogP contribution in [0.1, 0.15) is 11.7 Å². The lowest BCUT2D eigenvalue weighted by Crippen LogP contribution is -2.22. The van der Waals surface area contributed by atoms with E-state index in [1.54, 1.807) is 12.1 Å². The van der Waals surface area contributed by atoms with Crippen LogP contribution in [-0.4, -0.2) is 18.1 Å². The summed E-state index contributed by atoms with van der Waals surface area (Å²) in [5, 5.41) is 1.47. The molecule has 1 aromatic heterocycles. The van der Waals surface area contributed by atoms with Gasteiger partial charge in [-0.3, -0.25) is 0 Å². The zero-order valence-electron chi connectivity index (χ0n) is 8.66. The normalized spacial score (nSPS) is 12.7. The van der Waals surface area contributed by atoms with Gasteiger partial charge in [0.05, 0.1) is 7.11 Å². The number of aromatic nitrogens is 1. The summed E-state index contributed by atoms with van der Waals surface area (Å²) < 4.78 is 4.58. The minimum Gasteiger partial charge on any atom is -0.468 e. The predicted octanol–water partition coefficient (Wildman–Crippen LogP) is 1.99. The number of H-pyrrole nitrogens is 1. The average Bonchev–Trinajstić information content (AvgIpc) is 2.72. The minimum atomic E-state index is -0.812. The summed E-state index contributed by atoms with van der Waals surface area (Å²) in [6, 6.07) is 6.43. The molecule has 0 aliphatic carbocycles. The summed E-state index contributed by atoms with van der Waals surface area (Å²) in [6.07, 6.45) is 0. The van der Waals surface area contributed by atoms with Crippen molar-refractivity contribution in [3.05, 3.63) is 35.0 Å². The van der Waals surface area contributed by atoms with Gasteiger partial charge in [0.1, 0.15) is 6.04 Å². The number of rotatable bonds is 2. The van der Waals surface area contributed by atoms with Gasteiger partial charge >= 0.3 is 5.97 Å². The molecule has 4 nitrogen and oxygen atoms in total. The number of benzene rings is 1. The van der Waals surface area contributed by atoms with Crippen LogP contribution in [0.25, 0.3) is 10.9 Å². The van der Waals surface area contributed by atoms with Gasteiger partial charge in [-0.1, -0.05) is 17.7 Å². The number of halogens is 1. The number of nitrogens with one attached hydrogen (secondary N) is 1. The molecule has 2 rings (SSSR count). The fourth-order valence-electron chi connectivity index (χ4n) is 1.56. The second-order valence-corrected chi connectivity index (χ2v) is 3.83. The summed E-state index contributed by atoms with van der Waals surface area (Å²) in [5.41, 5.74) is 7.16. The maximum absolute atomic E-state index is 11.3. The fourth-order valence-corrected chi connectivity index (χ4v) is 1.79. The molecule has 84 valence electrons. The van der Waals surface area contributed by atoms with Crippen LogP contribution in [-0.2, 0) is 9.53 Å². The van der Waals surface area contributed by atoms with Crippen molar-refractivity contribution in [3.63, 3.8) is 0 Å². The van der Waals surface area contributed by atoms with E-state index in [1.807, 2.05) is 12.1 Å². The van der Waals surface area contributed by atoms with Crippen molar-refractivity contribution in [3.8, 4) is 0 Å². The molecule has 1 heterocycles. The highest BCUT2D eigenvalue weighted by molar-refractivity contribution is 6.35. The molecule has 16 heavy (non-hydrogen) atoms. The number of fused-ring (bicyclic) bond motifs is 1. The highest BCUT2D eigenvalue weighted by atomic mass is 35.5. The smallest absolute Gasteiger partial charge is 0.328 e. The predicted molar refractivity (Wildman–Crippen MR) is 62.3 cm³/mol. The van der Waals surface area contributed by atoms with E-state index >= 15 is 0 Å². The van der Waals surface area contributed by atoms with Crippen molar-refractivity contribution in [2.45, 2.75) is 6.04 Å². The van der Waals surface area contributed by atoms with Gasteiger partial charge in [-0.25, -0.2) is 4.79 Å². The first-order valence-electron chi connectivity index (χ1n) is 4.74. The van der Waals surface area contributed by atoms with Crippen molar-refractivity contribution in [2.75, 3.05) is 7.11 Å². The molecule has 0 fully saturated rings. The Kier molecular flexibility index (Phi) is 2.85. The molecule has 5 heteroatoms. The molecule has 0 aliphatic heterocycles. The van der Waals surface area contributed by atoms with Gasteiger partial charge in [0.25, 0.3) is 0 Å². The third-order valence-electron chi connectivity index (χ3n) is 2.42. The number of aromatic amines is 1. The second kappa shape index (κ2) is 4.15.